The van der Waals surface area contributed by atoms with Gasteiger partial charge in [0.1, 0.15) is 11.4 Å². The molecule has 0 bridgehead atoms. The minimum atomic E-state index is -3.99. The molecule has 1 amide bonds. The lowest BCUT2D eigenvalue weighted by atomic mass is 9.86. The third kappa shape index (κ3) is 5.00. The summed E-state index contributed by atoms with van der Waals surface area (Å²) in [6.07, 6.45) is 4.28. The van der Waals surface area contributed by atoms with E-state index in [0.29, 0.717) is 28.9 Å². The summed E-state index contributed by atoms with van der Waals surface area (Å²) in [5.74, 6) is 0.443. The van der Waals surface area contributed by atoms with E-state index in [2.05, 4.69) is 31.2 Å². The van der Waals surface area contributed by atoms with Gasteiger partial charge in [-0.15, -0.1) is 0 Å². The molecule has 2 unspecified atom stereocenters. The first-order valence-corrected chi connectivity index (χ1v) is 12.9. The molecular weight excluding hydrogens is 424 g/mol. The number of rotatable bonds is 7. The molecule has 1 heterocycles. The molecule has 3 rings (SSSR count). The van der Waals surface area contributed by atoms with Gasteiger partial charge in [0.15, 0.2) is 0 Å². The standard InChI is InChI=1S/C24H36N4O3S/c1-16(2)20-11-13-21(14-12-20)28(15-23(29)25-22-10-8-7-9-17(22)3)32(30,31)24-18(4)26-27(6)19(24)5/h11-14,16-17,22H,7-10,15H2,1-6H3,(H,25,29). The van der Waals surface area contributed by atoms with Gasteiger partial charge in [0.05, 0.1) is 17.1 Å². The zero-order valence-electron chi connectivity index (χ0n) is 20.1. The van der Waals surface area contributed by atoms with Gasteiger partial charge in [0.2, 0.25) is 5.91 Å². The van der Waals surface area contributed by atoms with Crippen LogP contribution in [0.15, 0.2) is 29.2 Å². The van der Waals surface area contributed by atoms with Crippen LogP contribution in [-0.2, 0) is 21.9 Å². The Morgan fingerprint density at radius 2 is 1.81 bits per heavy atom. The molecule has 1 aliphatic carbocycles. The van der Waals surface area contributed by atoms with E-state index < -0.39 is 10.0 Å². The van der Waals surface area contributed by atoms with Crippen molar-refractivity contribution in [3.8, 4) is 0 Å². The van der Waals surface area contributed by atoms with Crippen molar-refractivity contribution in [2.24, 2.45) is 13.0 Å². The fraction of sp³-hybridized carbons (Fsp3) is 0.583. The van der Waals surface area contributed by atoms with Crippen molar-refractivity contribution in [2.45, 2.75) is 77.2 Å². The smallest absolute Gasteiger partial charge is 0.268 e. The van der Waals surface area contributed by atoms with Gasteiger partial charge in [0.25, 0.3) is 10.0 Å². The van der Waals surface area contributed by atoms with Crippen molar-refractivity contribution >= 4 is 21.6 Å². The lowest BCUT2D eigenvalue weighted by molar-refractivity contribution is -0.120. The van der Waals surface area contributed by atoms with Gasteiger partial charge in [-0.2, -0.15) is 5.10 Å². The zero-order valence-corrected chi connectivity index (χ0v) is 20.9. The summed E-state index contributed by atoms with van der Waals surface area (Å²) < 4.78 is 30.4. The number of hydrogen-bond acceptors (Lipinski definition) is 4. The Morgan fingerprint density at radius 3 is 2.34 bits per heavy atom. The number of carbonyl (C=O) groups is 1. The minimum absolute atomic E-state index is 0.0889. The second kappa shape index (κ2) is 9.65. The van der Waals surface area contributed by atoms with E-state index >= 15 is 0 Å². The summed E-state index contributed by atoms with van der Waals surface area (Å²) in [4.78, 5) is 13.2. The molecule has 1 aromatic heterocycles. The molecule has 32 heavy (non-hydrogen) atoms. The number of hydrogen-bond donors (Lipinski definition) is 1. The predicted molar refractivity (Wildman–Crippen MR) is 127 cm³/mol. The Labute approximate surface area is 192 Å². The summed E-state index contributed by atoms with van der Waals surface area (Å²) in [7, 11) is -2.27. The number of sulfonamides is 1. The maximum Gasteiger partial charge on any atom is 0.268 e. The van der Waals surface area contributed by atoms with Crippen LogP contribution in [0, 0.1) is 19.8 Å². The lowest BCUT2D eigenvalue weighted by Gasteiger charge is -2.31. The van der Waals surface area contributed by atoms with E-state index in [-0.39, 0.29) is 23.4 Å². The van der Waals surface area contributed by atoms with E-state index in [4.69, 9.17) is 0 Å². The molecule has 2 aromatic rings. The Bertz CT molecular complexity index is 1060. The molecule has 0 aliphatic heterocycles. The number of nitrogens with one attached hydrogen (secondary N) is 1. The third-order valence-electron chi connectivity index (χ3n) is 6.58. The molecule has 176 valence electrons. The molecule has 7 nitrogen and oxygen atoms in total. The van der Waals surface area contributed by atoms with Gasteiger partial charge in [-0.25, -0.2) is 8.42 Å². The molecule has 0 saturated heterocycles. The fourth-order valence-corrected chi connectivity index (χ4v) is 6.32. The van der Waals surface area contributed by atoms with Gasteiger partial charge >= 0.3 is 0 Å². The number of carbonyl (C=O) groups excluding carboxylic acids is 1. The van der Waals surface area contributed by atoms with E-state index in [1.165, 1.54) is 10.7 Å². The first-order chi connectivity index (χ1) is 15.0. The van der Waals surface area contributed by atoms with Crippen molar-refractivity contribution in [3.63, 3.8) is 0 Å². The van der Waals surface area contributed by atoms with Crippen molar-refractivity contribution in [2.75, 3.05) is 10.8 Å². The Morgan fingerprint density at radius 1 is 1.19 bits per heavy atom. The van der Waals surface area contributed by atoms with E-state index in [1.807, 2.05) is 12.1 Å². The maximum atomic E-state index is 13.8. The summed E-state index contributed by atoms with van der Waals surface area (Å²) in [6.45, 7) is 9.47. The minimum Gasteiger partial charge on any atom is -0.352 e. The van der Waals surface area contributed by atoms with Gasteiger partial charge in [-0.3, -0.25) is 13.8 Å². The molecule has 1 saturated carbocycles. The highest BCUT2D eigenvalue weighted by Gasteiger charge is 2.33. The zero-order chi connectivity index (χ0) is 23.6. The molecular formula is C24H36N4O3S. The first-order valence-electron chi connectivity index (χ1n) is 11.4. The monoisotopic (exact) mass is 460 g/mol. The fourth-order valence-electron chi connectivity index (χ4n) is 4.49. The van der Waals surface area contributed by atoms with Crippen LogP contribution in [0.2, 0.25) is 0 Å². The molecule has 1 aromatic carbocycles. The second-order valence-electron chi connectivity index (χ2n) is 9.32. The van der Waals surface area contributed by atoms with Gasteiger partial charge in [-0.1, -0.05) is 45.7 Å². The van der Waals surface area contributed by atoms with Crippen LogP contribution in [0.5, 0.6) is 0 Å². The number of aromatic nitrogens is 2. The first kappa shape index (κ1) is 24.3. The normalized spacial score (nSPS) is 19.2. The van der Waals surface area contributed by atoms with E-state index in [1.54, 1.807) is 37.7 Å². The Kier molecular flexibility index (Phi) is 7.32. The van der Waals surface area contributed by atoms with Crippen molar-refractivity contribution in [1.82, 2.24) is 15.1 Å². The van der Waals surface area contributed by atoms with Gasteiger partial charge < -0.3 is 5.32 Å². The largest absolute Gasteiger partial charge is 0.352 e. The molecule has 8 heteroatoms. The van der Waals surface area contributed by atoms with E-state index in [9.17, 15) is 13.2 Å². The Balaban J connectivity index is 1.96. The number of nitrogens with zero attached hydrogens (tertiary/aromatic N) is 3. The molecule has 1 N–H and O–H groups in total. The highest BCUT2D eigenvalue weighted by molar-refractivity contribution is 7.93. The molecule has 1 fully saturated rings. The van der Waals surface area contributed by atoms with Crippen molar-refractivity contribution < 1.29 is 13.2 Å². The van der Waals surface area contributed by atoms with Crippen LogP contribution in [0.3, 0.4) is 0 Å². The summed E-state index contributed by atoms with van der Waals surface area (Å²) in [5.41, 5.74) is 2.56. The van der Waals surface area contributed by atoms with Crippen LogP contribution in [-0.4, -0.2) is 36.7 Å². The molecule has 1 aliphatic rings. The predicted octanol–water partition coefficient (Wildman–Crippen LogP) is 4.05. The molecule has 0 radical (unpaired) electrons. The summed E-state index contributed by atoms with van der Waals surface area (Å²) in [5, 5.41) is 7.37. The quantitative estimate of drug-likeness (QED) is 0.676. The van der Waals surface area contributed by atoms with Crippen molar-refractivity contribution in [3.05, 3.63) is 41.2 Å². The summed E-state index contributed by atoms with van der Waals surface area (Å²) in [6, 6.07) is 7.50. The maximum absolute atomic E-state index is 13.8. The van der Waals surface area contributed by atoms with Gasteiger partial charge in [0, 0.05) is 13.1 Å². The third-order valence-corrected chi connectivity index (χ3v) is 8.61. The second-order valence-corrected chi connectivity index (χ2v) is 11.1. The van der Waals surface area contributed by atoms with Crippen molar-refractivity contribution in [1.29, 1.82) is 0 Å². The molecule has 0 spiro atoms. The van der Waals surface area contributed by atoms with Gasteiger partial charge in [-0.05, 0) is 56.2 Å². The lowest BCUT2D eigenvalue weighted by Crippen LogP contribution is -2.47. The topological polar surface area (TPSA) is 84.3 Å². The SMILES string of the molecule is Cc1nn(C)c(C)c1S(=O)(=O)N(CC(=O)NC1CCCCC1C)c1ccc(C(C)C)cc1. The highest BCUT2D eigenvalue weighted by atomic mass is 32.2. The average Bonchev–Trinajstić information content (AvgIpc) is 3.00. The number of aryl methyl sites for hydroxylation is 2. The Hall–Kier alpha value is -2.35. The van der Waals surface area contributed by atoms with Crippen LogP contribution < -0.4 is 9.62 Å². The number of benzene rings is 1. The average molecular weight is 461 g/mol. The van der Waals surface area contributed by atoms with E-state index in [0.717, 1.165) is 24.8 Å². The number of anilines is 1. The van der Waals surface area contributed by atoms with Crippen LogP contribution in [0.4, 0.5) is 5.69 Å². The summed E-state index contributed by atoms with van der Waals surface area (Å²) >= 11 is 0. The highest BCUT2D eigenvalue weighted by Crippen LogP contribution is 2.29. The van der Waals surface area contributed by atoms with Crippen LogP contribution >= 0.6 is 0 Å². The number of amides is 1. The molecule has 2 atom stereocenters. The van der Waals surface area contributed by atoms with Crippen LogP contribution in [0.25, 0.3) is 0 Å². The van der Waals surface area contributed by atoms with Crippen LogP contribution in [0.1, 0.15) is 69.3 Å².